The van der Waals surface area contributed by atoms with E-state index in [4.69, 9.17) is 5.73 Å². The van der Waals surface area contributed by atoms with Gasteiger partial charge >= 0.3 is 0 Å². The molecule has 0 amide bonds. The lowest BCUT2D eigenvalue weighted by atomic mass is 9.65. The van der Waals surface area contributed by atoms with Crippen molar-refractivity contribution in [3.63, 3.8) is 0 Å². The molecule has 1 aliphatic carbocycles. The van der Waals surface area contributed by atoms with Gasteiger partial charge in [0.2, 0.25) is 0 Å². The van der Waals surface area contributed by atoms with Crippen LogP contribution in [0.15, 0.2) is 0 Å². The summed E-state index contributed by atoms with van der Waals surface area (Å²) in [4.78, 5) is 0. The molecule has 0 aliphatic heterocycles. The highest BCUT2D eigenvalue weighted by molar-refractivity contribution is 4.95. The molecule has 1 fully saturated rings. The fraction of sp³-hybridized carbons (Fsp3) is 1.00. The summed E-state index contributed by atoms with van der Waals surface area (Å²) in [5, 5.41) is 0. The van der Waals surface area contributed by atoms with Crippen LogP contribution < -0.4 is 5.73 Å². The summed E-state index contributed by atoms with van der Waals surface area (Å²) in [5.74, 6) is 0. The van der Waals surface area contributed by atoms with Crippen LogP contribution in [0.2, 0.25) is 0 Å². The van der Waals surface area contributed by atoms with E-state index in [0.29, 0.717) is 0 Å². The second kappa shape index (κ2) is 2.23. The van der Waals surface area contributed by atoms with Crippen LogP contribution in [0.25, 0.3) is 0 Å². The zero-order chi connectivity index (χ0) is 7.83. The van der Waals surface area contributed by atoms with Crippen molar-refractivity contribution in [2.75, 3.05) is 0 Å². The van der Waals surface area contributed by atoms with Crippen LogP contribution in [0, 0.1) is 5.41 Å². The lowest BCUT2D eigenvalue weighted by Gasteiger charge is -2.44. The summed E-state index contributed by atoms with van der Waals surface area (Å²) < 4.78 is 0. The molecule has 0 aromatic carbocycles. The molecule has 1 rings (SSSR count). The first-order valence-corrected chi connectivity index (χ1v) is 4.21. The van der Waals surface area contributed by atoms with Crippen molar-refractivity contribution in [3.8, 4) is 0 Å². The number of rotatable bonds is 0. The van der Waals surface area contributed by atoms with Crippen molar-refractivity contribution in [1.29, 1.82) is 0 Å². The van der Waals surface area contributed by atoms with Gasteiger partial charge in [-0.1, -0.05) is 26.7 Å². The molecule has 1 radical (unpaired) electrons. The molecule has 10 heavy (non-hydrogen) atoms. The minimum Gasteiger partial charge on any atom is -0.251 e. The molecule has 0 saturated heterocycles. The largest absolute Gasteiger partial charge is 0.251 e. The van der Waals surface area contributed by atoms with E-state index in [2.05, 4.69) is 20.8 Å². The zero-order valence-corrected chi connectivity index (χ0v) is 7.33. The van der Waals surface area contributed by atoms with Crippen molar-refractivity contribution < 1.29 is 0 Å². The molecule has 1 saturated carbocycles. The van der Waals surface area contributed by atoms with Gasteiger partial charge in [0, 0.05) is 5.54 Å². The highest BCUT2D eigenvalue weighted by Gasteiger charge is 2.39. The van der Waals surface area contributed by atoms with E-state index in [9.17, 15) is 0 Å². The molecule has 1 aliphatic rings. The lowest BCUT2D eigenvalue weighted by Crippen LogP contribution is -2.45. The van der Waals surface area contributed by atoms with Gasteiger partial charge < -0.3 is 0 Å². The SMILES string of the molecule is CC1(C)CCCCC1(C)[NH]. The molecule has 1 N–H and O–H groups in total. The van der Waals surface area contributed by atoms with Crippen molar-refractivity contribution in [3.05, 3.63) is 0 Å². The maximum Gasteiger partial charge on any atom is 0.0346 e. The molecule has 0 bridgehead atoms. The second-order valence-corrected chi connectivity index (χ2v) is 4.42. The highest BCUT2D eigenvalue weighted by atomic mass is 14.8. The second-order valence-electron chi connectivity index (χ2n) is 4.42. The van der Waals surface area contributed by atoms with Gasteiger partial charge in [-0.3, -0.25) is 5.73 Å². The minimum atomic E-state index is -0.175. The Labute approximate surface area is 64.0 Å². The van der Waals surface area contributed by atoms with Crippen LogP contribution in [0.3, 0.4) is 0 Å². The predicted molar refractivity (Wildman–Crippen MR) is 43.8 cm³/mol. The van der Waals surface area contributed by atoms with Gasteiger partial charge in [-0.15, -0.1) is 0 Å². The molecule has 0 heterocycles. The number of hydrogen-bond donors (Lipinski definition) is 0. The maximum atomic E-state index is 8.03. The van der Waals surface area contributed by atoms with E-state index in [0.717, 1.165) is 6.42 Å². The molecule has 1 unspecified atom stereocenters. The van der Waals surface area contributed by atoms with Crippen molar-refractivity contribution >= 4 is 0 Å². The first kappa shape index (κ1) is 8.06. The van der Waals surface area contributed by atoms with Gasteiger partial charge in [-0.25, -0.2) is 0 Å². The van der Waals surface area contributed by atoms with E-state index < -0.39 is 0 Å². The maximum absolute atomic E-state index is 8.03. The standard InChI is InChI=1S/C9H18N/c1-8(2)6-4-5-7-9(8,3)10/h10H,4-7H2,1-3H3. The Morgan fingerprint density at radius 2 is 1.50 bits per heavy atom. The summed E-state index contributed by atoms with van der Waals surface area (Å²) in [7, 11) is 0. The fourth-order valence-electron chi connectivity index (χ4n) is 1.66. The smallest absolute Gasteiger partial charge is 0.0346 e. The topological polar surface area (TPSA) is 23.8 Å². The molecule has 1 atom stereocenters. The highest BCUT2D eigenvalue weighted by Crippen LogP contribution is 2.42. The lowest BCUT2D eigenvalue weighted by molar-refractivity contribution is 0.109. The van der Waals surface area contributed by atoms with Gasteiger partial charge in [-0.05, 0) is 25.2 Å². The molecule has 59 valence electrons. The van der Waals surface area contributed by atoms with Gasteiger partial charge in [0.05, 0.1) is 0 Å². The Morgan fingerprint density at radius 3 is 1.80 bits per heavy atom. The first-order chi connectivity index (χ1) is 4.46. The number of nitrogens with one attached hydrogen (secondary N) is 1. The molecule has 0 aromatic heterocycles. The average molecular weight is 140 g/mol. The molecular weight excluding hydrogens is 122 g/mol. The molecule has 1 heteroatoms. The van der Waals surface area contributed by atoms with Crippen LogP contribution in [0.1, 0.15) is 46.5 Å². The molecule has 0 aromatic rings. The zero-order valence-electron chi connectivity index (χ0n) is 7.33. The van der Waals surface area contributed by atoms with Gasteiger partial charge in [0.15, 0.2) is 0 Å². The third-order valence-corrected chi connectivity index (χ3v) is 3.22. The molecule has 0 spiro atoms. The van der Waals surface area contributed by atoms with Crippen LogP contribution in [-0.2, 0) is 0 Å². The van der Waals surface area contributed by atoms with Gasteiger partial charge in [0.1, 0.15) is 0 Å². The van der Waals surface area contributed by atoms with E-state index >= 15 is 0 Å². The Morgan fingerprint density at radius 1 is 1.00 bits per heavy atom. The van der Waals surface area contributed by atoms with E-state index in [1.54, 1.807) is 0 Å². The van der Waals surface area contributed by atoms with Crippen LogP contribution in [-0.4, -0.2) is 5.54 Å². The Hall–Kier alpha value is -0.0400. The quantitative estimate of drug-likeness (QED) is 0.494. The van der Waals surface area contributed by atoms with E-state index in [-0.39, 0.29) is 11.0 Å². The summed E-state index contributed by atoms with van der Waals surface area (Å²) in [5.41, 5.74) is 8.09. The predicted octanol–water partition coefficient (Wildman–Crippen LogP) is 2.63. The third kappa shape index (κ3) is 1.20. The first-order valence-electron chi connectivity index (χ1n) is 4.21. The normalized spacial score (nSPS) is 39.6. The monoisotopic (exact) mass is 140 g/mol. The summed E-state index contributed by atoms with van der Waals surface area (Å²) >= 11 is 0. The summed E-state index contributed by atoms with van der Waals surface area (Å²) in [6.45, 7) is 6.52. The third-order valence-electron chi connectivity index (χ3n) is 3.22. The van der Waals surface area contributed by atoms with Crippen molar-refractivity contribution in [2.24, 2.45) is 5.41 Å². The Kier molecular flexibility index (Phi) is 1.80. The van der Waals surface area contributed by atoms with Crippen molar-refractivity contribution in [1.82, 2.24) is 5.73 Å². The van der Waals surface area contributed by atoms with Gasteiger partial charge in [0.25, 0.3) is 0 Å². The minimum absolute atomic E-state index is 0.175. The molecule has 1 nitrogen and oxygen atoms in total. The van der Waals surface area contributed by atoms with Crippen LogP contribution in [0.4, 0.5) is 0 Å². The number of hydrogen-bond acceptors (Lipinski definition) is 0. The van der Waals surface area contributed by atoms with Gasteiger partial charge in [-0.2, -0.15) is 0 Å². The van der Waals surface area contributed by atoms with E-state index in [1.165, 1.54) is 19.3 Å². The Bertz CT molecular complexity index is 109. The van der Waals surface area contributed by atoms with Crippen molar-refractivity contribution in [2.45, 2.75) is 52.0 Å². The van der Waals surface area contributed by atoms with Crippen LogP contribution in [0.5, 0.6) is 0 Å². The Balaban J connectivity index is 2.70. The molecular formula is C9H18N. The van der Waals surface area contributed by atoms with E-state index in [1.807, 2.05) is 0 Å². The summed E-state index contributed by atoms with van der Waals surface area (Å²) in [6.07, 6.45) is 4.89. The van der Waals surface area contributed by atoms with Crippen LogP contribution >= 0.6 is 0 Å². The average Bonchev–Trinajstić information content (AvgIpc) is 1.77. The summed E-state index contributed by atoms with van der Waals surface area (Å²) in [6, 6.07) is 0. The fourth-order valence-corrected chi connectivity index (χ4v) is 1.66.